The van der Waals surface area contributed by atoms with Crippen LogP contribution in [0.5, 0.6) is 0 Å². The van der Waals surface area contributed by atoms with Gasteiger partial charge in [0.25, 0.3) is 0 Å². The molecule has 1 aliphatic heterocycles. The largest absolute Gasteiger partial charge is 0.396 e. The zero-order chi connectivity index (χ0) is 88.3. The van der Waals surface area contributed by atoms with E-state index in [1.165, 1.54) is 83.5 Å². The molecular weight excluding hydrogens is 1250 g/mol. The second kappa shape index (κ2) is 154. The summed E-state index contributed by atoms with van der Waals surface area (Å²) in [7, 11) is 0. The Morgan fingerprint density at radius 1 is 0.343 bits per heavy atom. The molecule has 0 aromatic heterocycles. The predicted octanol–water partition coefficient (Wildman–Crippen LogP) is 36.4. The molecule has 5 nitrogen and oxygen atoms in total. The van der Waals surface area contributed by atoms with Crippen molar-refractivity contribution in [3.8, 4) is 0 Å². The van der Waals surface area contributed by atoms with E-state index in [-0.39, 0.29) is 30.7 Å². The topological polar surface area (TPSA) is 90.2 Å². The van der Waals surface area contributed by atoms with Crippen molar-refractivity contribution >= 4 is 0 Å². The molecule has 0 bridgehead atoms. The molecule has 3 unspecified atom stereocenters. The lowest BCUT2D eigenvalue weighted by Crippen LogP contribution is -2.42. The van der Waals surface area contributed by atoms with E-state index in [4.69, 9.17) is 25.2 Å². The number of hydrogen-bond acceptors (Lipinski definition) is 5. The van der Waals surface area contributed by atoms with Crippen LogP contribution in [-0.4, -0.2) is 59.6 Å². The third-order valence-electron chi connectivity index (χ3n) is 14.3. The minimum absolute atomic E-state index is 0.0741. The van der Waals surface area contributed by atoms with E-state index in [1.807, 2.05) is 228 Å². The number of ether oxygens (including phenoxy) is 1. The summed E-state index contributed by atoms with van der Waals surface area (Å²) in [4.78, 5) is 0. The maximum absolute atomic E-state index is 9.03. The van der Waals surface area contributed by atoms with E-state index in [0.717, 1.165) is 86.2 Å². The molecule has 2 aliphatic rings. The summed E-state index contributed by atoms with van der Waals surface area (Å²) in [5.41, 5.74) is 2.10. The monoisotopic (exact) mass is 1480 g/mol. The molecule has 1 saturated heterocycles. The molecule has 2 rings (SSSR count). The summed E-state index contributed by atoms with van der Waals surface area (Å²) in [5.74, 6) is 7.26. The van der Waals surface area contributed by atoms with Crippen LogP contribution < -0.4 is 0 Å². The van der Waals surface area contributed by atoms with Crippen LogP contribution in [0.4, 0.5) is 0 Å². The fraction of sp³-hybridized carbons (Fsp3) is 1.00. The Morgan fingerprint density at radius 2 is 0.637 bits per heavy atom. The average Bonchev–Trinajstić information content (AvgIpc) is 1.56. The molecule has 4 N–H and O–H groups in total. The van der Waals surface area contributed by atoms with Crippen LogP contribution in [0, 0.1) is 80.8 Å². The molecule has 1 saturated carbocycles. The Bertz CT molecular complexity index is 961. The fourth-order valence-electron chi connectivity index (χ4n) is 9.19. The standard InChI is InChI=1S/C9H18O.C9H20O.C9H18.C9H20.C8H18.C7H16O2.C7H16O.C7H16.16C2H6/c1-4-9(5-8(2)3)6-10-7-9;1-5-9(4,7-10)6-8(2)3;1-4-9(5-6-9)7-8(2)3;1-6-9(4,5)7-8(2)3;1-5-8(4)6-7(2)3;1-6(2)3-7(4-8)5-9;1-4-7(8)5-6(2)3;1-4-5-6-7(2)3;16*1-2/h8H,4-7H2,1-3H3;8,10H,5-7H2,1-4H3;8H,4-7H2,1-3H3;8H,6-7H2,1-5H3;7-8H,5-6H2,1-4H3;6-9H,3-5H2,1-2H3;6-8H,4-5H2,1-3H3;7H,4-6H2,1-3H3;16*1-2H3. The summed E-state index contributed by atoms with van der Waals surface area (Å²) in [6.07, 6.45) is 22.9. The summed E-state index contributed by atoms with van der Waals surface area (Å²) < 4.78 is 5.23. The second-order valence-electron chi connectivity index (χ2n) is 27.2. The number of unbranched alkanes of at least 4 members (excludes halogenated alkanes) is 1. The molecule has 0 radical (unpaired) electrons. The zero-order valence-corrected chi connectivity index (χ0v) is 85.8. The van der Waals surface area contributed by atoms with E-state index in [9.17, 15) is 0 Å². The van der Waals surface area contributed by atoms with Crippen LogP contribution in [-0.2, 0) is 4.74 Å². The van der Waals surface area contributed by atoms with Gasteiger partial charge in [0.2, 0.25) is 0 Å². The highest BCUT2D eigenvalue weighted by Gasteiger charge is 2.40. The molecule has 102 heavy (non-hydrogen) atoms. The van der Waals surface area contributed by atoms with Crippen molar-refractivity contribution in [1.82, 2.24) is 0 Å². The average molecular weight is 1480 g/mol. The van der Waals surface area contributed by atoms with Crippen molar-refractivity contribution in [1.29, 1.82) is 0 Å². The smallest absolute Gasteiger partial charge is 0.0544 e. The van der Waals surface area contributed by atoms with E-state index in [1.54, 1.807) is 0 Å². The molecule has 1 heterocycles. The van der Waals surface area contributed by atoms with Gasteiger partial charge < -0.3 is 25.2 Å². The Kier molecular flexibility index (Phi) is 245. The quantitative estimate of drug-likeness (QED) is 0.0693. The minimum atomic E-state index is -0.0741. The highest BCUT2D eigenvalue weighted by molar-refractivity contribution is 4.92. The second-order valence-corrected chi connectivity index (χ2v) is 27.2. The lowest BCUT2D eigenvalue weighted by Gasteiger charge is -2.42. The van der Waals surface area contributed by atoms with Gasteiger partial charge in [-0.1, -0.05) is 447 Å². The van der Waals surface area contributed by atoms with Crippen LogP contribution in [0.15, 0.2) is 0 Å². The number of aliphatic hydroxyl groups excluding tert-OH is 4. The van der Waals surface area contributed by atoms with E-state index < -0.39 is 0 Å². The summed E-state index contributed by atoms with van der Waals surface area (Å²) in [6.45, 7) is 127. The first-order chi connectivity index (χ1) is 48.2. The number of rotatable bonds is 26. The fourth-order valence-corrected chi connectivity index (χ4v) is 9.19. The van der Waals surface area contributed by atoms with E-state index >= 15 is 0 Å². The normalized spacial score (nSPS) is 12.0. The van der Waals surface area contributed by atoms with Gasteiger partial charge in [-0.25, -0.2) is 0 Å². The van der Waals surface area contributed by atoms with Gasteiger partial charge in [0.15, 0.2) is 0 Å². The lowest BCUT2D eigenvalue weighted by molar-refractivity contribution is -0.124. The highest BCUT2D eigenvalue weighted by atomic mass is 16.5. The Hall–Kier alpha value is -0.200. The molecule has 0 aromatic carbocycles. The van der Waals surface area contributed by atoms with Crippen LogP contribution in [0.1, 0.15) is 524 Å². The van der Waals surface area contributed by atoms with Gasteiger partial charge in [-0.3, -0.25) is 0 Å². The molecule has 2 fully saturated rings. The summed E-state index contributed by atoms with van der Waals surface area (Å²) >= 11 is 0. The van der Waals surface area contributed by atoms with Crippen molar-refractivity contribution in [2.24, 2.45) is 80.8 Å². The van der Waals surface area contributed by atoms with Gasteiger partial charge in [-0.15, -0.1) is 0 Å². The minimum Gasteiger partial charge on any atom is -0.396 e. The van der Waals surface area contributed by atoms with Crippen molar-refractivity contribution < 1.29 is 25.2 Å². The molecule has 656 valence electrons. The molecule has 0 amide bonds. The Labute approximate surface area is 665 Å². The first-order valence-corrected chi connectivity index (χ1v) is 46.3. The lowest BCUT2D eigenvalue weighted by atomic mass is 9.76. The van der Waals surface area contributed by atoms with Gasteiger partial charge in [-0.2, -0.15) is 0 Å². The Balaban J connectivity index is -0.0000000339. The van der Waals surface area contributed by atoms with Crippen molar-refractivity contribution in [2.45, 2.75) is 530 Å². The molecule has 1 aliphatic carbocycles. The molecular formula is C97H238O5. The molecule has 0 spiro atoms. The third-order valence-corrected chi connectivity index (χ3v) is 14.3. The van der Waals surface area contributed by atoms with Gasteiger partial charge in [0, 0.05) is 31.2 Å². The van der Waals surface area contributed by atoms with Crippen molar-refractivity contribution in [2.75, 3.05) is 33.0 Å². The molecule has 0 aromatic rings. The van der Waals surface area contributed by atoms with Gasteiger partial charge in [-0.05, 0) is 147 Å². The first-order valence-electron chi connectivity index (χ1n) is 46.3. The zero-order valence-electron chi connectivity index (χ0n) is 85.8. The highest BCUT2D eigenvalue weighted by Crippen LogP contribution is 2.53. The maximum Gasteiger partial charge on any atom is 0.0544 e. The third kappa shape index (κ3) is 189. The van der Waals surface area contributed by atoms with Gasteiger partial charge in [0.05, 0.1) is 19.3 Å². The number of hydrogen-bond donors (Lipinski definition) is 4. The van der Waals surface area contributed by atoms with Gasteiger partial charge >= 0.3 is 0 Å². The molecule has 5 heteroatoms. The van der Waals surface area contributed by atoms with E-state index in [2.05, 4.69) is 180 Å². The summed E-state index contributed by atoms with van der Waals surface area (Å²) in [5, 5.41) is 35.3. The van der Waals surface area contributed by atoms with Crippen LogP contribution in [0.3, 0.4) is 0 Å². The van der Waals surface area contributed by atoms with E-state index in [0.29, 0.717) is 35.2 Å². The first kappa shape index (κ1) is 162. The predicted molar refractivity (Wildman–Crippen MR) is 501 cm³/mol. The SMILES string of the molecule is CC.CC.CC.CC.CC.CC.CC.CC.CC.CC.CC.CC.CC.CC.CC.CC.CC(C)CC(CO)CO.CCC(C)(C)CC(C)C.CCC(C)(CO)CC(C)C.CCC(C)CC(C)C.CCC(O)CC(C)C.CCC1(CC(C)C)CC1.CCC1(CC(C)C)COC1.CCCCC(C)C. The van der Waals surface area contributed by atoms with Gasteiger partial charge in [0.1, 0.15) is 0 Å². The van der Waals surface area contributed by atoms with Crippen LogP contribution in [0.25, 0.3) is 0 Å². The Morgan fingerprint density at radius 3 is 0.716 bits per heavy atom. The van der Waals surface area contributed by atoms with Crippen LogP contribution >= 0.6 is 0 Å². The van der Waals surface area contributed by atoms with Crippen LogP contribution in [0.2, 0.25) is 0 Å². The maximum atomic E-state index is 9.03. The number of aliphatic hydroxyl groups is 4. The molecule has 3 atom stereocenters. The summed E-state index contributed by atoms with van der Waals surface area (Å²) in [6, 6.07) is 0. The van der Waals surface area contributed by atoms with Crippen molar-refractivity contribution in [3.05, 3.63) is 0 Å². The van der Waals surface area contributed by atoms with Crippen molar-refractivity contribution in [3.63, 3.8) is 0 Å².